The molecule has 0 saturated heterocycles. The van der Waals surface area contributed by atoms with Crippen molar-refractivity contribution in [2.75, 3.05) is 18.6 Å². The van der Waals surface area contributed by atoms with Gasteiger partial charge in [-0.3, -0.25) is 0 Å². The smallest absolute Gasteiger partial charge is 0.387 e. The van der Waals surface area contributed by atoms with Gasteiger partial charge in [-0.1, -0.05) is 24.3 Å². The summed E-state index contributed by atoms with van der Waals surface area (Å²) in [6, 6.07) is 12.2. The molecule has 0 saturated carbocycles. The molecule has 0 aliphatic heterocycles. The molecule has 0 spiro atoms. The number of sulfone groups is 1. The molecule has 0 heterocycles. The Balaban J connectivity index is 1.96. The van der Waals surface area contributed by atoms with Crippen molar-refractivity contribution < 1.29 is 26.7 Å². The first kappa shape index (κ1) is 20.6. The lowest BCUT2D eigenvalue weighted by molar-refractivity contribution is -0.0498. The molecule has 9 heteroatoms. The SMILES string of the molecule is CN(Cc1ccc(OC(F)F)cc1)C(=O)Nc1cccc(CS(C)(=O)=O)c1. The van der Waals surface area contributed by atoms with E-state index in [1.54, 1.807) is 43.4 Å². The summed E-state index contributed by atoms with van der Waals surface area (Å²) in [5.41, 5.74) is 1.79. The summed E-state index contributed by atoms with van der Waals surface area (Å²) >= 11 is 0. The van der Waals surface area contributed by atoms with Crippen LogP contribution < -0.4 is 10.1 Å². The van der Waals surface area contributed by atoms with Crippen LogP contribution in [0, 0.1) is 0 Å². The molecule has 0 aromatic heterocycles. The fourth-order valence-electron chi connectivity index (χ4n) is 2.38. The minimum atomic E-state index is -3.17. The van der Waals surface area contributed by atoms with Gasteiger partial charge in [-0.15, -0.1) is 0 Å². The number of urea groups is 1. The molecule has 0 bridgehead atoms. The summed E-state index contributed by atoms with van der Waals surface area (Å²) in [6.45, 7) is -2.63. The van der Waals surface area contributed by atoms with Crippen LogP contribution in [0.25, 0.3) is 0 Å². The summed E-state index contributed by atoms with van der Waals surface area (Å²) in [4.78, 5) is 13.7. The normalized spacial score (nSPS) is 11.3. The number of nitrogens with one attached hydrogen (secondary N) is 1. The molecule has 2 aromatic carbocycles. The molecule has 0 aliphatic carbocycles. The lowest BCUT2D eigenvalue weighted by Gasteiger charge is -2.18. The van der Waals surface area contributed by atoms with E-state index in [0.717, 1.165) is 11.8 Å². The fourth-order valence-corrected chi connectivity index (χ4v) is 3.17. The average Bonchev–Trinajstić information content (AvgIpc) is 2.55. The summed E-state index contributed by atoms with van der Waals surface area (Å²) in [5.74, 6) is -0.0666. The molecule has 6 nitrogen and oxygen atoms in total. The van der Waals surface area contributed by atoms with Crippen LogP contribution in [0.5, 0.6) is 5.75 Å². The van der Waals surface area contributed by atoms with Gasteiger partial charge in [0, 0.05) is 25.5 Å². The van der Waals surface area contributed by atoms with Crippen LogP contribution in [0.4, 0.5) is 19.3 Å². The lowest BCUT2D eigenvalue weighted by atomic mass is 10.2. The molecule has 1 N–H and O–H groups in total. The largest absolute Gasteiger partial charge is 0.435 e. The van der Waals surface area contributed by atoms with E-state index in [0.29, 0.717) is 11.3 Å². The van der Waals surface area contributed by atoms with Crippen molar-refractivity contribution in [1.29, 1.82) is 0 Å². The topological polar surface area (TPSA) is 75.7 Å². The van der Waals surface area contributed by atoms with E-state index in [2.05, 4.69) is 10.1 Å². The zero-order chi connectivity index (χ0) is 20.0. The number of halogens is 2. The number of anilines is 1. The van der Waals surface area contributed by atoms with Gasteiger partial charge >= 0.3 is 12.6 Å². The lowest BCUT2D eigenvalue weighted by Crippen LogP contribution is -2.30. The van der Waals surface area contributed by atoms with Crippen LogP contribution in [0.3, 0.4) is 0 Å². The first-order valence-electron chi connectivity index (χ1n) is 7.95. The third kappa shape index (κ3) is 7.22. The Hall–Kier alpha value is -2.68. The molecule has 146 valence electrons. The van der Waals surface area contributed by atoms with Crippen molar-refractivity contribution in [3.05, 3.63) is 59.7 Å². The molecule has 2 aromatic rings. The number of nitrogens with zero attached hydrogens (tertiary/aromatic N) is 1. The van der Waals surface area contributed by atoms with Gasteiger partial charge in [0.15, 0.2) is 9.84 Å². The van der Waals surface area contributed by atoms with Gasteiger partial charge in [0.25, 0.3) is 0 Å². The van der Waals surface area contributed by atoms with Gasteiger partial charge in [0.1, 0.15) is 5.75 Å². The van der Waals surface area contributed by atoms with Crippen molar-refractivity contribution in [3.63, 3.8) is 0 Å². The minimum Gasteiger partial charge on any atom is -0.435 e. The number of alkyl halides is 2. The Labute approximate surface area is 156 Å². The highest BCUT2D eigenvalue weighted by Gasteiger charge is 2.11. The molecule has 0 aliphatic rings. The highest BCUT2D eigenvalue weighted by atomic mass is 32.2. The first-order chi connectivity index (χ1) is 12.6. The van der Waals surface area contributed by atoms with Crippen LogP contribution in [0.15, 0.2) is 48.5 Å². The maximum absolute atomic E-state index is 12.3. The van der Waals surface area contributed by atoms with E-state index in [4.69, 9.17) is 0 Å². The van der Waals surface area contributed by atoms with Gasteiger partial charge in [-0.25, -0.2) is 13.2 Å². The minimum absolute atomic E-state index is 0.0450. The molecular formula is C18H20F2N2O4S. The fraction of sp³-hybridized carbons (Fsp3) is 0.278. The molecular weight excluding hydrogens is 378 g/mol. The summed E-state index contributed by atoms with van der Waals surface area (Å²) in [6.07, 6.45) is 1.14. The zero-order valence-corrected chi connectivity index (χ0v) is 15.7. The molecule has 2 amide bonds. The summed E-state index contributed by atoms with van der Waals surface area (Å²) in [7, 11) is -1.59. The predicted octanol–water partition coefficient (Wildman–Crippen LogP) is 3.50. The van der Waals surface area contributed by atoms with Gasteiger partial charge in [-0.2, -0.15) is 8.78 Å². The van der Waals surface area contributed by atoms with Crippen molar-refractivity contribution in [1.82, 2.24) is 4.90 Å². The highest BCUT2D eigenvalue weighted by molar-refractivity contribution is 7.89. The van der Waals surface area contributed by atoms with Crippen LogP contribution >= 0.6 is 0 Å². The number of hydrogen-bond acceptors (Lipinski definition) is 4. The standard InChI is InChI=1S/C18H20F2N2O4S/c1-22(11-13-6-8-16(9-7-13)26-17(19)20)18(23)21-15-5-3-4-14(10-15)12-27(2,24)25/h3-10,17H,11-12H2,1-2H3,(H,21,23). The Bertz CT molecular complexity index is 886. The maximum atomic E-state index is 12.3. The van der Waals surface area contributed by atoms with Crippen LogP contribution in [0.1, 0.15) is 11.1 Å². The van der Waals surface area contributed by atoms with Crippen LogP contribution in [-0.4, -0.2) is 39.3 Å². The van der Waals surface area contributed by atoms with Crippen molar-refractivity contribution in [3.8, 4) is 5.75 Å². The Kier molecular flexibility index (Phi) is 6.73. The second kappa shape index (κ2) is 8.81. The van der Waals surface area contributed by atoms with Crippen molar-refractivity contribution in [2.24, 2.45) is 0 Å². The Morgan fingerprint density at radius 1 is 1.15 bits per heavy atom. The molecule has 0 radical (unpaired) electrons. The Morgan fingerprint density at radius 3 is 2.41 bits per heavy atom. The van der Waals surface area contributed by atoms with E-state index in [9.17, 15) is 22.0 Å². The maximum Gasteiger partial charge on any atom is 0.387 e. The number of amides is 2. The first-order valence-corrected chi connectivity index (χ1v) is 10.0. The van der Waals surface area contributed by atoms with E-state index in [1.807, 2.05) is 0 Å². The number of benzene rings is 2. The van der Waals surface area contributed by atoms with Crippen molar-refractivity contribution in [2.45, 2.75) is 18.9 Å². The summed E-state index contributed by atoms with van der Waals surface area (Å²) < 4.78 is 51.3. The van der Waals surface area contributed by atoms with E-state index < -0.39 is 16.4 Å². The van der Waals surface area contributed by atoms with Crippen molar-refractivity contribution >= 4 is 21.6 Å². The quantitative estimate of drug-likeness (QED) is 0.775. The van der Waals surface area contributed by atoms with Gasteiger partial charge in [0.05, 0.1) is 5.75 Å². The zero-order valence-electron chi connectivity index (χ0n) is 14.9. The molecule has 0 unspecified atom stereocenters. The van der Waals surface area contributed by atoms with Gasteiger partial charge in [0.2, 0.25) is 0 Å². The average molecular weight is 398 g/mol. The van der Waals surface area contributed by atoms with E-state index in [-0.39, 0.29) is 24.1 Å². The second-order valence-electron chi connectivity index (χ2n) is 6.08. The van der Waals surface area contributed by atoms with Crippen LogP contribution in [-0.2, 0) is 22.1 Å². The highest BCUT2D eigenvalue weighted by Crippen LogP contribution is 2.17. The van der Waals surface area contributed by atoms with Gasteiger partial charge < -0.3 is 15.0 Å². The predicted molar refractivity (Wildman–Crippen MR) is 98.5 cm³/mol. The molecule has 27 heavy (non-hydrogen) atoms. The monoisotopic (exact) mass is 398 g/mol. The third-order valence-electron chi connectivity index (χ3n) is 3.52. The number of carbonyl (C=O) groups excluding carboxylic acids is 1. The van der Waals surface area contributed by atoms with E-state index in [1.165, 1.54) is 17.0 Å². The summed E-state index contributed by atoms with van der Waals surface area (Å²) in [5, 5.41) is 2.69. The Morgan fingerprint density at radius 2 is 1.81 bits per heavy atom. The number of carbonyl (C=O) groups is 1. The van der Waals surface area contributed by atoms with Crippen LogP contribution in [0.2, 0.25) is 0 Å². The second-order valence-corrected chi connectivity index (χ2v) is 8.22. The van der Waals surface area contributed by atoms with E-state index >= 15 is 0 Å². The molecule has 2 rings (SSSR count). The van der Waals surface area contributed by atoms with Gasteiger partial charge in [-0.05, 0) is 35.4 Å². The molecule has 0 atom stereocenters. The number of hydrogen-bond donors (Lipinski definition) is 1. The third-order valence-corrected chi connectivity index (χ3v) is 4.38. The molecule has 0 fully saturated rings. The number of rotatable bonds is 7. The number of ether oxygens (including phenoxy) is 1.